The van der Waals surface area contributed by atoms with E-state index in [1.807, 2.05) is 28.7 Å². The fourth-order valence-corrected chi connectivity index (χ4v) is 15.5. The van der Waals surface area contributed by atoms with Crippen molar-refractivity contribution in [1.82, 2.24) is 0 Å². The minimum absolute atomic E-state index is 0.00173. The molecule has 0 unspecified atom stereocenters. The van der Waals surface area contributed by atoms with Crippen LogP contribution >= 0.6 is 22.7 Å². The predicted octanol–water partition coefficient (Wildman–Crippen LogP) is 10.2. The fraction of sp³-hybridized carbons (Fsp3) is 0.0333. The summed E-state index contributed by atoms with van der Waals surface area (Å²) in [4.78, 5) is 2.52. The third kappa shape index (κ3) is 5.37. The molecule has 17 rings (SSSR count). The molecular weight excluding hydrogens is 919 g/mol. The average Bonchev–Trinajstić information content (AvgIpc) is 3.97. The summed E-state index contributed by atoms with van der Waals surface area (Å²) in [7, 11) is 0. The maximum Gasteiger partial charge on any atom is 0.268 e. The molecule has 7 nitrogen and oxygen atoms in total. The number of hydrogen-bond donors (Lipinski definition) is 4. The molecule has 0 fully saturated rings. The first-order valence-corrected chi connectivity index (χ1v) is 26.3. The van der Waals surface area contributed by atoms with Crippen LogP contribution in [0.15, 0.2) is 170 Å². The maximum absolute atomic E-state index is 7.23. The Morgan fingerprint density at radius 3 is 1.82 bits per heavy atom. The number of nitrogens with one attached hydrogen (secondary N) is 4. The monoisotopic (exact) mass is 957 g/mol. The number of fused-ring (bicyclic) bond motifs is 16. The van der Waals surface area contributed by atoms with Crippen molar-refractivity contribution in [1.29, 1.82) is 0 Å². The highest BCUT2D eigenvalue weighted by molar-refractivity contribution is 7.34. The molecule has 6 aliphatic rings. The Hall–Kier alpha value is -8.31. The summed E-state index contributed by atoms with van der Waals surface area (Å²) in [6.45, 7) is 4.21. The molecule has 11 aromatic rings. The number of anilines is 11. The van der Waals surface area contributed by atoms with Gasteiger partial charge in [0.25, 0.3) is 20.1 Å². The van der Waals surface area contributed by atoms with Gasteiger partial charge in [0.1, 0.15) is 23.0 Å². The Morgan fingerprint density at radius 1 is 0.444 bits per heavy atom. The van der Waals surface area contributed by atoms with E-state index in [2.05, 4.69) is 204 Å². The molecule has 9 aromatic carbocycles. The molecule has 0 atom stereocenters. The normalized spacial score (nSPS) is 14.1. The van der Waals surface area contributed by atoms with Crippen LogP contribution in [0, 0.1) is 13.8 Å². The molecule has 336 valence electrons. The van der Waals surface area contributed by atoms with Crippen LogP contribution in [0.1, 0.15) is 11.1 Å². The van der Waals surface area contributed by atoms with Crippen molar-refractivity contribution < 1.29 is 9.47 Å². The lowest BCUT2D eigenvalue weighted by atomic mass is 9.30. The highest BCUT2D eigenvalue weighted by atomic mass is 32.1. The quantitative estimate of drug-likeness (QED) is 0.132. The van der Waals surface area contributed by atoms with Gasteiger partial charge in [0.15, 0.2) is 0 Å². The summed E-state index contributed by atoms with van der Waals surface area (Å²) in [6, 6.07) is 62.2. The fourth-order valence-electron chi connectivity index (χ4n) is 12.9. The molecule has 4 N–H and O–H groups in total. The number of ether oxygens (including phenoxy) is 2. The summed E-state index contributed by atoms with van der Waals surface area (Å²) in [6.07, 6.45) is 0. The molecule has 0 aliphatic carbocycles. The average molecular weight is 958 g/mol. The molecule has 0 spiro atoms. The number of aryl methyl sites for hydroxylation is 2. The van der Waals surface area contributed by atoms with Gasteiger partial charge in [-0.05, 0) is 142 Å². The standard InChI is InChI=1S/C60H38B3N5O2S2/c1-31-21-45-54-48(23-31)68(35-15-7-4-8-16-35)57-36-17-9-11-19-52(36)71-59(57)62(54)39-27-38-42(29-43(39)65-45)66-47-25-34(64-33-13-5-3-6-14-33)26-51-55(47)61(38)41-28-40-44(30-49(41)69-51)67-46-22-32(2)24-50-56(46)63(40)60-58(70-50)37-18-10-12-20-53(37)72-60/h3-30,64-67H,1-2H3. The Balaban J connectivity index is 0.903. The van der Waals surface area contributed by atoms with E-state index in [-0.39, 0.29) is 20.1 Å². The Bertz CT molecular complexity index is 4240. The summed E-state index contributed by atoms with van der Waals surface area (Å²) in [5.41, 5.74) is 23.1. The van der Waals surface area contributed by atoms with Crippen molar-refractivity contribution >= 4 is 173 Å². The van der Waals surface area contributed by atoms with Gasteiger partial charge < -0.3 is 35.6 Å². The molecule has 2 aromatic heterocycles. The minimum Gasteiger partial charge on any atom is -0.458 e. The zero-order valence-corrected chi connectivity index (χ0v) is 40.6. The van der Waals surface area contributed by atoms with Gasteiger partial charge in [-0.1, -0.05) is 78.9 Å². The van der Waals surface area contributed by atoms with Crippen LogP contribution in [0.3, 0.4) is 0 Å². The van der Waals surface area contributed by atoms with Crippen molar-refractivity contribution in [2.75, 3.05) is 26.2 Å². The lowest BCUT2D eigenvalue weighted by Crippen LogP contribution is -2.64. The van der Waals surface area contributed by atoms with Crippen molar-refractivity contribution in [3.05, 3.63) is 181 Å². The third-order valence-corrected chi connectivity index (χ3v) is 18.2. The third-order valence-electron chi connectivity index (χ3n) is 15.7. The molecule has 0 amide bonds. The van der Waals surface area contributed by atoms with E-state index >= 15 is 0 Å². The molecule has 0 saturated heterocycles. The summed E-state index contributed by atoms with van der Waals surface area (Å²) >= 11 is 3.78. The van der Waals surface area contributed by atoms with Gasteiger partial charge in [0, 0.05) is 98.7 Å². The molecule has 6 aliphatic heterocycles. The highest BCUT2D eigenvalue weighted by Crippen LogP contribution is 2.47. The number of thiophene rings is 2. The summed E-state index contributed by atoms with van der Waals surface area (Å²) in [5, 5.41) is 18.1. The predicted molar refractivity (Wildman–Crippen MR) is 307 cm³/mol. The van der Waals surface area contributed by atoms with E-state index in [0.29, 0.717) is 0 Å². The number of nitrogens with zero attached hydrogens (tertiary/aromatic N) is 1. The second kappa shape index (κ2) is 14.2. The van der Waals surface area contributed by atoms with Crippen molar-refractivity contribution in [2.24, 2.45) is 0 Å². The van der Waals surface area contributed by atoms with E-state index in [4.69, 9.17) is 9.47 Å². The molecule has 0 radical (unpaired) electrons. The SMILES string of the molecule is Cc1cc2c3c(c1)Oc1c(sc4ccccc14)B3c1cc3c(cc1N2)Oc1cc(Nc2ccccc2)cc2c1B3c1cc3c(cc1N2)Nc1cc(C)cc2c1B3c1sc3ccccc3c1N2c1ccccc1. The van der Waals surface area contributed by atoms with E-state index in [9.17, 15) is 0 Å². The van der Waals surface area contributed by atoms with Gasteiger partial charge in [-0.3, -0.25) is 0 Å². The Kier molecular flexibility index (Phi) is 7.77. The van der Waals surface area contributed by atoms with Crippen molar-refractivity contribution in [2.45, 2.75) is 13.8 Å². The summed E-state index contributed by atoms with van der Waals surface area (Å²) in [5.74, 6) is 3.59. The molecule has 8 heterocycles. The molecule has 12 heteroatoms. The largest absolute Gasteiger partial charge is 0.458 e. The highest BCUT2D eigenvalue weighted by Gasteiger charge is 2.48. The van der Waals surface area contributed by atoms with Crippen molar-refractivity contribution in [3.63, 3.8) is 0 Å². The van der Waals surface area contributed by atoms with Crippen molar-refractivity contribution in [3.8, 4) is 23.0 Å². The van der Waals surface area contributed by atoms with Crippen LogP contribution in [0.4, 0.5) is 62.6 Å². The van der Waals surface area contributed by atoms with E-state index < -0.39 is 0 Å². The van der Waals surface area contributed by atoms with Gasteiger partial charge in [0.05, 0.1) is 5.69 Å². The van der Waals surface area contributed by atoms with Crippen LogP contribution in [0.2, 0.25) is 0 Å². The van der Waals surface area contributed by atoms with Crippen LogP contribution in [-0.2, 0) is 0 Å². The van der Waals surface area contributed by atoms with E-state index in [0.717, 1.165) is 96.1 Å². The first-order valence-electron chi connectivity index (χ1n) is 24.7. The van der Waals surface area contributed by atoms with Crippen LogP contribution in [0.25, 0.3) is 20.2 Å². The van der Waals surface area contributed by atoms with E-state index in [1.54, 1.807) is 0 Å². The van der Waals surface area contributed by atoms with Gasteiger partial charge in [-0.25, -0.2) is 0 Å². The van der Waals surface area contributed by atoms with Crippen LogP contribution in [0.5, 0.6) is 23.0 Å². The van der Waals surface area contributed by atoms with Gasteiger partial charge >= 0.3 is 0 Å². The zero-order valence-electron chi connectivity index (χ0n) is 39.0. The zero-order chi connectivity index (χ0) is 47.1. The first-order chi connectivity index (χ1) is 35.5. The van der Waals surface area contributed by atoms with Gasteiger partial charge in [0.2, 0.25) is 0 Å². The topological polar surface area (TPSA) is 69.8 Å². The first kappa shape index (κ1) is 39.4. The Morgan fingerprint density at radius 2 is 1.03 bits per heavy atom. The Labute approximate surface area is 424 Å². The second-order valence-electron chi connectivity index (χ2n) is 20.1. The second-order valence-corrected chi connectivity index (χ2v) is 22.2. The van der Waals surface area contributed by atoms with Crippen LogP contribution in [-0.4, -0.2) is 20.1 Å². The smallest absolute Gasteiger partial charge is 0.268 e. The van der Waals surface area contributed by atoms with Gasteiger partial charge in [-0.15, -0.1) is 22.7 Å². The van der Waals surface area contributed by atoms with E-state index in [1.165, 1.54) is 68.6 Å². The molecule has 0 bridgehead atoms. The molecule has 0 saturated carbocycles. The minimum atomic E-state index is -0.137. The lowest BCUT2D eigenvalue weighted by molar-refractivity contribution is 0.488. The number of hydrogen-bond acceptors (Lipinski definition) is 9. The summed E-state index contributed by atoms with van der Waals surface area (Å²) < 4.78 is 19.3. The number of rotatable bonds is 3. The van der Waals surface area contributed by atoms with Crippen LogP contribution < -0.4 is 83.4 Å². The molecule has 72 heavy (non-hydrogen) atoms. The lowest BCUT2D eigenvalue weighted by Gasteiger charge is -2.41. The van der Waals surface area contributed by atoms with Gasteiger partial charge in [-0.2, -0.15) is 0 Å². The number of benzene rings is 9. The number of para-hydroxylation sites is 2. The molecular formula is C60H38B3N5O2S2. The maximum atomic E-state index is 7.23.